The molecule has 0 amide bonds. The minimum Gasteiger partial charge on any atom is -0.497 e. The zero-order valence-electron chi connectivity index (χ0n) is 10.9. The molecule has 0 aliphatic rings. The van der Waals surface area contributed by atoms with Crippen molar-refractivity contribution in [2.45, 2.75) is 6.61 Å². The van der Waals surface area contributed by atoms with Gasteiger partial charge in [-0.1, -0.05) is 29.8 Å². The van der Waals surface area contributed by atoms with Gasteiger partial charge in [-0.3, -0.25) is 0 Å². The molecule has 0 saturated carbocycles. The number of rotatable bonds is 4. The SMILES string of the molecule is COc1cccc(COC(=O)c2c(N)cccc2Cl)c1. The van der Waals surface area contributed by atoms with Gasteiger partial charge in [0, 0.05) is 5.69 Å². The zero-order valence-corrected chi connectivity index (χ0v) is 11.7. The molecule has 0 unspecified atom stereocenters. The average molecular weight is 292 g/mol. The van der Waals surface area contributed by atoms with Crippen LogP contribution in [0, 0.1) is 0 Å². The van der Waals surface area contributed by atoms with Gasteiger partial charge in [0.25, 0.3) is 0 Å². The number of nitrogens with two attached hydrogens (primary N) is 1. The van der Waals surface area contributed by atoms with Crippen molar-refractivity contribution in [1.29, 1.82) is 0 Å². The fourth-order valence-electron chi connectivity index (χ4n) is 1.74. The van der Waals surface area contributed by atoms with Gasteiger partial charge >= 0.3 is 5.97 Å². The van der Waals surface area contributed by atoms with E-state index in [4.69, 9.17) is 26.8 Å². The Hall–Kier alpha value is -2.20. The number of benzene rings is 2. The fourth-order valence-corrected chi connectivity index (χ4v) is 2.00. The summed E-state index contributed by atoms with van der Waals surface area (Å²) in [6, 6.07) is 12.2. The van der Waals surface area contributed by atoms with E-state index in [1.165, 1.54) is 0 Å². The second-order valence-electron chi connectivity index (χ2n) is 4.13. The van der Waals surface area contributed by atoms with E-state index in [0.717, 1.165) is 5.56 Å². The van der Waals surface area contributed by atoms with Crippen molar-refractivity contribution in [3.63, 3.8) is 0 Å². The summed E-state index contributed by atoms with van der Waals surface area (Å²) in [4.78, 5) is 12.0. The molecule has 2 aromatic carbocycles. The lowest BCUT2D eigenvalue weighted by atomic mass is 10.2. The van der Waals surface area contributed by atoms with Gasteiger partial charge in [0.2, 0.25) is 0 Å². The van der Waals surface area contributed by atoms with Gasteiger partial charge in [-0.25, -0.2) is 4.79 Å². The molecule has 0 atom stereocenters. The summed E-state index contributed by atoms with van der Waals surface area (Å²) in [6.07, 6.45) is 0. The molecule has 0 aliphatic heterocycles. The first-order chi connectivity index (χ1) is 9.61. The highest BCUT2D eigenvalue weighted by Crippen LogP contribution is 2.23. The molecule has 2 aromatic rings. The largest absolute Gasteiger partial charge is 0.497 e. The standard InChI is InChI=1S/C15H14ClNO3/c1-19-11-5-2-4-10(8-11)9-20-15(18)14-12(16)6-3-7-13(14)17/h2-8H,9,17H2,1H3. The third kappa shape index (κ3) is 3.22. The first kappa shape index (κ1) is 14.2. The van der Waals surface area contributed by atoms with Crippen LogP contribution in [0.25, 0.3) is 0 Å². The van der Waals surface area contributed by atoms with Gasteiger partial charge in [0.15, 0.2) is 0 Å². The molecule has 0 spiro atoms. The lowest BCUT2D eigenvalue weighted by molar-refractivity contribution is 0.0474. The molecule has 104 valence electrons. The normalized spacial score (nSPS) is 10.1. The highest BCUT2D eigenvalue weighted by Gasteiger charge is 2.15. The van der Waals surface area contributed by atoms with Crippen LogP contribution < -0.4 is 10.5 Å². The number of ether oxygens (including phenoxy) is 2. The predicted octanol–water partition coefficient (Wildman–Crippen LogP) is 3.29. The minimum atomic E-state index is -0.545. The minimum absolute atomic E-state index is 0.126. The predicted molar refractivity (Wildman–Crippen MR) is 78.0 cm³/mol. The first-order valence-electron chi connectivity index (χ1n) is 5.96. The Labute approximate surface area is 122 Å². The topological polar surface area (TPSA) is 61.5 Å². The fraction of sp³-hybridized carbons (Fsp3) is 0.133. The highest BCUT2D eigenvalue weighted by atomic mass is 35.5. The van der Waals surface area contributed by atoms with Gasteiger partial charge < -0.3 is 15.2 Å². The van der Waals surface area contributed by atoms with E-state index in [0.29, 0.717) is 11.4 Å². The van der Waals surface area contributed by atoms with Crippen LogP contribution in [0.3, 0.4) is 0 Å². The van der Waals surface area contributed by atoms with Crippen molar-refractivity contribution in [3.05, 3.63) is 58.6 Å². The van der Waals surface area contributed by atoms with Crippen molar-refractivity contribution in [2.24, 2.45) is 0 Å². The highest BCUT2D eigenvalue weighted by molar-refractivity contribution is 6.34. The summed E-state index contributed by atoms with van der Waals surface area (Å²) in [5.74, 6) is 0.159. The number of anilines is 1. The molecule has 5 heteroatoms. The first-order valence-corrected chi connectivity index (χ1v) is 6.33. The summed E-state index contributed by atoms with van der Waals surface area (Å²) < 4.78 is 10.3. The van der Waals surface area contributed by atoms with Gasteiger partial charge in [-0.15, -0.1) is 0 Å². The Kier molecular flexibility index (Phi) is 4.48. The van der Waals surface area contributed by atoms with Crippen molar-refractivity contribution in [1.82, 2.24) is 0 Å². The van der Waals surface area contributed by atoms with E-state index in [1.807, 2.05) is 18.2 Å². The summed E-state index contributed by atoms with van der Waals surface area (Å²) in [5, 5.41) is 0.278. The maximum absolute atomic E-state index is 12.0. The number of esters is 1. The number of nitrogen functional groups attached to an aromatic ring is 1. The van der Waals surface area contributed by atoms with E-state index in [9.17, 15) is 4.79 Å². The molecule has 4 nitrogen and oxygen atoms in total. The summed E-state index contributed by atoms with van der Waals surface area (Å²) >= 11 is 5.95. The Bertz CT molecular complexity index is 608. The average Bonchev–Trinajstić information content (AvgIpc) is 2.45. The monoisotopic (exact) mass is 291 g/mol. The van der Waals surface area contributed by atoms with E-state index < -0.39 is 5.97 Å². The van der Waals surface area contributed by atoms with E-state index in [1.54, 1.807) is 31.4 Å². The smallest absolute Gasteiger partial charge is 0.342 e. The Morgan fingerprint density at radius 3 is 2.70 bits per heavy atom. The summed E-state index contributed by atoms with van der Waals surface area (Å²) in [6.45, 7) is 0.126. The Morgan fingerprint density at radius 1 is 1.25 bits per heavy atom. The van der Waals surface area contributed by atoms with E-state index in [2.05, 4.69) is 0 Å². The van der Waals surface area contributed by atoms with Crippen LogP contribution in [-0.4, -0.2) is 13.1 Å². The molecule has 0 saturated heterocycles. The van der Waals surface area contributed by atoms with Crippen LogP contribution in [0.2, 0.25) is 5.02 Å². The second-order valence-corrected chi connectivity index (χ2v) is 4.54. The molecule has 0 fully saturated rings. The maximum Gasteiger partial charge on any atom is 0.342 e. The summed E-state index contributed by atoms with van der Waals surface area (Å²) in [5.41, 5.74) is 7.05. The number of carbonyl (C=O) groups is 1. The van der Waals surface area contributed by atoms with Crippen molar-refractivity contribution in [3.8, 4) is 5.75 Å². The maximum atomic E-state index is 12.0. The molecule has 0 aromatic heterocycles. The number of halogens is 1. The lowest BCUT2D eigenvalue weighted by Gasteiger charge is -2.09. The quantitative estimate of drug-likeness (QED) is 0.693. The molecule has 2 rings (SSSR count). The Balaban J connectivity index is 2.09. The van der Waals surface area contributed by atoms with Gasteiger partial charge in [0.1, 0.15) is 17.9 Å². The summed E-state index contributed by atoms with van der Waals surface area (Å²) in [7, 11) is 1.58. The lowest BCUT2D eigenvalue weighted by Crippen LogP contribution is -2.09. The zero-order chi connectivity index (χ0) is 14.5. The van der Waals surface area contributed by atoms with Gasteiger partial charge in [-0.2, -0.15) is 0 Å². The number of hydrogen-bond acceptors (Lipinski definition) is 4. The Morgan fingerprint density at radius 2 is 2.00 bits per heavy atom. The van der Waals surface area contributed by atoms with Crippen molar-refractivity contribution >= 4 is 23.3 Å². The van der Waals surface area contributed by atoms with Crippen molar-refractivity contribution in [2.75, 3.05) is 12.8 Å². The molecular weight excluding hydrogens is 278 g/mol. The molecule has 20 heavy (non-hydrogen) atoms. The molecule has 0 radical (unpaired) electrons. The van der Waals surface area contributed by atoms with E-state index in [-0.39, 0.29) is 17.2 Å². The number of hydrogen-bond donors (Lipinski definition) is 1. The van der Waals surface area contributed by atoms with Crippen LogP contribution in [0.1, 0.15) is 15.9 Å². The van der Waals surface area contributed by atoms with Crippen LogP contribution in [0.4, 0.5) is 5.69 Å². The van der Waals surface area contributed by atoms with Crippen LogP contribution in [0.15, 0.2) is 42.5 Å². The second kappa shape index (κ2) is 6.30. The van der Waals surface area contributed by atoms with Crippen LogP contribution in [0.5, 0.6) is 5.75 Å². The number of methoxy groups -OCH3 is 1. The van der Waals surface area contributed by atoms with E-state index >= 15 is 0 Å². The van der Waals surface area contributed by atoms with Gasteiger partial charge in [0.05, 0.1) is 12.1 Å². The molecule has 2 N–H and O–H groups in total. The third-order valence-corrected chi connectivity index (χ3v) is 3.07. The van der Waals surface area contributed by atoms with Crippen LogP contribution >= 0.6 is 11.6 Å². The van der Waals surface area contributed by atoms with Crippen LogP contribution in [-0.2, 0) is 11.3 Å². The van der Waals surface area contributed by atoms with Gasteiger partial charge in [-0.05, 0) is 29.8 Å². The molecule has 0 heterocycles. The molecular formula is C15H14ClNO3. The number of carbonyl (C=O) groups excluding carboxylic acids is 1. The molecule has 0 aliphatic carbocycles. The third-order valence-electron chi connectivity index (χ3n) is 2.75. The molecule has 0 bridgehead atoms. The van der Waals surface area contributed by atoms with Crippen molar-refractivity contribution < 1.29 is 14.3 Å².